The Morgan fingerprint density at radius 1 is 1.32 bits per heavy atom. The highest BCUT2D eigenvalue weighted by atomic mass is 16.4. The van der Waals surface area contributed by atoms with Gasteiger partial charge in [0, 0.05) is 24.3 Å². The summed E-state index contributed by atoms with van der Waals surface area (Å²) < 4.78 is 7.73. The van der Waals surface area contributed by atoms with Gasteiger partial charge in [0.05, 0.1) is 13.1 Å². The van der Waals surface area contributed by atoms with E-state index in [4.69, 9.17) is 4.42 Å². The van der Waals surface area contributed by atoms with Crippen molar-refractivity contribution in [2.45, 2.75) is 71.5 Å². The van der Waals surface area contributed by atoms with Crippen molar-refractivity contribution in [2.75, 3.05) is 0 Å². The Balaban J connectivity index is 1.57. The molecular weight excluding hydrogens is 280 g/mol. The van der Waals surface area contributed by atoms with Crippen LogP contribution in [-0.2, 0) is 31.3 Å². The van der Waals surface area contributed by atoms with E-state index in [0.29, 0.717) is 24.4 Å². The first kappa shape index (κ1) is 15.1. The molecule has 0 aliphatic carbocycles. The molecule has 3 heterocycles. The van der Waals surface area contributed by atoms with Crippen LogP contribution in [0.3, 0.4) is 0 Å². The predicted octanol–water partition coefficient (Wildman–Crippen LogP) is 1.63. The van der Waals surface area contributed by atoms with E-state index in [1.165, 1.54) is 0 Å². The molecule has 0 saturated heterocycles. The summed E-state index contributed by atoms with van der Waals surface area (Å²) in [5, 5.41) is 16.2. The molecule has 7 nitrogen and oxygen atoms in total. The smallest absolute Gasteiger partial charge is 0.230 e. The third kappa shape index (κ3) is 3.19. The Hall–Kier alpha value is -1.76. The molecule has 0 bridgehead atoms. The van der Waals surface area contributed by atoms with Crippen LogP contribution in [0.25, 0.3) is 0 Å². The normalized spacial score (nSPS) is 18.5. The molecule has 0 amide bonds. The molecule has 2 aromatic rings. The van der Waals surface area contributed by atoms with E-state index in [1.807, 2.05) is 4.68 Å². The molecule has 1 N–H and O–H groups in total. The summed E-state index contributed by atoms with van der Waals surface area (Å²) in [5.41, 5.74) is -0.109. The van der Waals surface area contributed by atoms with E-state index < -0.39 is 0 Å². The van der Waals surface area contributed by atoms with E-state index in [9.17, 15) is 0 Å². The van der Waals surface area contributed by atoms with Crippen LogP contribution in [0.15, 0.2) is 4.42 Å². The first-order valence-electron chi connectivity index (χ1n) is 7.94. The van der Waals surface area contributed by atoms with Gasteiger partial charge < -0.3 is 9.73 Å². The van der Waals surface area contributed by atoms with E-state index in [0.717, 1.165) is 37.5 Å². The largest absolute Gasteiger partial charge is 0.423 e. The number of hydrogen-bond acceptors (Lipinski definition) is 6. The third-order valence-corrected chi connectivity index (χ3v) is 3.87. The van der Waals surface area contributed by atoms with Gasteiger partial charge in [-0.3, -0.25) is 0 Å². The standard InChI is InChI=1S/C15H24N6O/c1-5-11-17-12-7-6-10(9-21(12)20-11)16-8-13-18-19-14(22-13)15(2,3)4/h10,16H,5-9H2,1-4H3. The summed E-state index contributed by atoms with van der Waals surface area (Å²) in [6.07, 6.45) is 2.90. The number of nitrogens with zero attached hydrogens (tertiary/aromatic N) is 5. The number of nitrogens with one attached hydrogen (secondary N) is 1. The molecule has 0 saturated carbocycles. The number of aromatic nitrogens is 5. The van der Waals surface area contributed by atoms with Crippen LogP contribution < -0.4 is 5.32 Å². The fourth-order valence-electron chi connectivity index (χ4n) is 2.54. The number of rotatable bonds is 4. The second kappa shape index (κ2) is 5.79. The van der Waals surface area contributed by atoms with E-state index in [1.54, 1.807) is 0 Å². The maximum Gasteiger partial charge on any atom is 0.230 e. The van der Waals surface area contributed by atoms with Crippen LogP contribution >= 0.6 is 0 Å². The lowest BCUT2D eigenvalue weighted by Gasteiger charge is -2.22. The summed E-state index contributed by atoms with van der Waals surface area (Å²) in [5.74, 6) is 3.35. The van der Waals surface area contributed by atoms with Crippen LogP contribution in [0.2, 0.25) is 0 Å². The van der Waals surface area contributed by atoms with Gasteiger partial charge >= 0.3 is 0 Å². The predicted molar refractivity (Wildman–Crippen MR) is 81.3 cm³/mol. The van der Waals surface area contributed by atoms with Crippen LogP contribution in [-0.4, -0.2) is 31.0 Å². The number of fused-ring (bicyclic) bond motifs is 1. The summed E-state index contributed by atoms with van der Waals surface area (Å²) in [7, 11) is 0. The molecular formula is C15H24N6O. The summed E-state index contributed by atoms with van der Waals surface area (Å²) >= 11 is 0. The molecule has 0 radical (unpaired) electrons. The quantitative estimate of drug-likeness (QED) is 0.924. The average molecular weight is 304 g/mol. The van der Waals surface area contributed by atoms with Crippen LogP contribution in [0, 0.1) is 0 Å². The molecule has 22 heavy (non-hydrogen) atoms. The lowest BCUT2D eigenvalue weighted by atomic mass is 9.97. The molecule has 1 atom stereocenters. The van der Waals surface area contributed by atoms with Gasteiger partial charge in [0.2, 0.25) is 11.8 Å². The van der Waals surface area contributed by atoms with Crippen molar-refractivity contribution >= 4 is 0 Å². The van der Waals surface area contributed by atoms with Gasteiger partial charge in [-0.1, -0.05) is 27.7 Å². The first-order valence-corrected chi connectivity index (χ1v) is 7.94. The molecule has 0 spiro atoms. The zero-order valence-electron chi connectivity index (χ0n) is 13.8. The van der Waals surface area contributed by atoms with Crippen LogP contribution in [0.4, 0.5) is 0 Å². The van der Waals surface area contributed by atoms with Crippen molar-refractivity contribution in [3.63, 3.8) is 0 Å². The minimum atomic E-state index is -0.109. The highest BCUT2D eigenvalue weighted by Crippen LogP contribution is 2.20. The Morgan fingerprint density at radius 2 is 2.14 bits per heavy atom. The third-order valence-electron chi connectivity index (χ3n) is 3.87. The van der Waals surface area contributed by atoms with Crippen molar-refractivity contribution in [1.29, 1.82) is 0 Å². The fraction of sp³-hybridized carbons (Fsp3) is 0.733. The van der Waals surface area contributed by atoms with Crippen LogP contribution in [0.5, 0.6) is 0 Å². The Morgan fingerprint density at radius 3 is 2.82 bits per heavy atom. The van der Waals surface area contributed by atoms with Gasteiger partial charge in [0.1, 0.15) is 5.82 Å². The van der Waals surface area contributed by atoms with Gasteiger partial charge in [0.15, 0.2) is 5.82 Å². The van der Waals surface area contributed by atoms with E-state index >= 15 is 0 Å². The first-order chi connectivity index (χ1) is 10.5. The molecule has 7 heteroatoms. The van der Waals surface area contributed by atoms with Crippen LogP contribution in [0.1, 0.15) is 57.5 Å². The molecule has 2 aromatic heterocycles. The Kier molecular flexibility index (Phi) is 3.99. The highest BCUT2D eigenvalue weighted by Gasteiger charge is 2.23. The monoisotopic (exact) mass is 304 g/mol. The van der Waals surface area contributed by atoms with Gasteiger partial charge in [-0.05, 0) is 6.42 Å². The van der Waals surface area contributed by atoms with Gasteiger partial charge in [0.25, 0.3) is 0 Å². The molecule has 0 aromatic carbocycles. The molecule has 1 unspecified atom stereocenters. The summed E-state index contributed by atoms with van der Waals surface area (Å²) in [4.78, 5) is 4.54. The average Bonchev–Trinajstić information content (AvgIpc) is 3.10. The van der Waals surface area contributed by atoms with Gasteiger partial charge in [-0.15, -0.1) is 10.2 Å². The minimum Gasteiger partial charge on any atom is -0.423 e. The highest BCUT2D eigenvalue weighted by molar-refractivity contribution is 4.99. The van der Waals surface area contributed by atoms with Gasteiger partial charge in [-0.2, -0.15) is 5.10 Å². The molecule has 0 fully saturated rings. The maximum absolute atomic E-state index is 5.71. The van der Waals surface area contributed by atoms with Crippen molar-refractivity contribution in [1.82, 2.24) is 30.3 Å². The fourth-order valence-corrected chi connectivity index (χ4v) is 2.54. The molecule has 1 aliphatic heterocycles. The van der Waals surface area contributed by atoms with Crippen molar-refractivity contribution < 1.29 is 4.42 Å². The summed E-state index contributed by atoms with van der Waals surface area (Å²) in [6, 6.07) is 0.365. The number of hydrogen-bond donors (Lipinski definition) is 1. The lowest BCUT2D eigenvalue weighted by molar-refractivity contribution is 0.325. The lowest BCUT2D eigenvalue weighted by Crippen LogP contribution is -2.37. The zero-order chi connectivity index (χ0) is 15.7. The zero-order valence-corrected chi connectivity index (χ0v) is 13.8. The van der Waals surface area contributed by atoms with E-state index in [2.05, 4.69) is 53.3 Å². The van der Waals surface area contributed by atoms with Crippen molar-refractivity contribution in [3.8, 4) is 0 Å². The molecule has 1 aliphatic rings. The van der Waals surface area contributed by atoms with Crippen molar-refractivity contribution in [3.05, 3.63) is 23.4 Å². The summed E-state index contributed by atoms with van der Waals surface area (Å²) in [6.45, 7) is 9.73. The van der Waals surface area contributed by atoms with Crippen molar-refractivity contribution in [2.24, 2.45) is 0 Å². The second-order valence-electron chi connectivity index (χ2n) is 6.85. The molecule has 3 rings (SSSR count). The Bertz CT molecular complexity index is 639. The van der Waals surface area contributed by atoms with Gasteiger partial charge in [-0.25, -0.2) is 9.67 Å². The number of aryl methyl sites for hydroxylation is 2. The second-order valence-corrected chi connectivity index (χ2v) is 6.85. The Labute approximate surface area is 130 Å². The SMILES string of the molecule is CCc1nc2n(n1)CC(NCc1nnc(C(C)(C)C)o1)CC2. The molecule has 120 valence electrons. The maximum atomic E-state index is 5.71. The topological polar surface area (TPSA) is 81.7 Å². The van der Waals surface area contributed by atoms with E-state index in [-0.39, 0.29) is 5.41 Å². The minimum absolute atomic E-state index is 0.109.